The summed E-state index contributed by atoms with van der Waals surface area (Å²) in [6.45, 7) is 20.3. The van der Waals surface area contributed by atoms with Crippen LogP contribution in [0.25, 0.3) is 0 Å². The molecule has 4 heteroatoms. The van der Waals surface area contributed by atoms with Crippen LogP contribution in [0.5, 0.6) is 0 Å². The van der Waals surface area contributed by atoms with E-state index in [9.17, 15) is 0 Å². The predicted molar refractivity (Wildman–Crippen MR) is 196 cm³/mol. The summed E-state index contributed by atoms with van der Waals surface area (Å²) < 4.78 is 0. The fraction of sp³-hybridized carbons (Fsp3) is 0.614. The quantitative estimate of drug-likeness (QED) is 0.226. The van der Waals surface area contributed by atoms with E-state index in [1.54, 1.807) is 51.4 Å². The van der Waals surface area contributed by atoms with Crippen molar-refractivity contribution in [3.63, 3.8) is 0 Å². The van der Waals surface area contributed by atoms with Crippen molar-refractivity contribution in [2.45, 2.75) is 124 Å². The van der Waals surface area contributed by atoms with Gasteiger partial charge in [-0.25, -0.2) is 12.2 Å². The SMILES string of the molecule is CC1=CC=CC2[CH-]C3(C)C4(C)C=CC=CC4(C)C4(C)C=CC=CC4(C)C3(C)C12C.[C-]1=CC=CC1.[Cl-].[Cl-].[Zr+2]=[Si](C1CCCC1)C1CCCC1. The third kappa shape index (κ3) is 5.32. The van der Waals surface area contributed by atoms with Gasteiger partial charge in [0.2, 0.25) is 0 Å². The Morgan fingerprint density at radius 1 is 0.688 bits per heavy atom. The summed E-state index contributed by atoms with van der Waals surface area (Å²) in [6, 6.07) is 0. The summed E-state index contributed by atoms with van der Waals surface area (Å²) in [6.07, 6.45) is 51.9. The monoisotopic (exact) mass is 776 g/mol. The topological polar surface area (TPSA) is 0 Å². The Balaban J connectivity index is 0.000000226. The number of hydrogen-bond acceptors (Lipinski definition) is 0. The van der Waals surface area contributed by atoms with Crippen molar-refractivity contribution in [2.75, 3.05) is 0 Å². The fourth-order valence-corrected chi connectivity index (χ4v) is 19.4. The molecule has 8 aliphatic carbocycles. The van der Waals surface area contributed by atoms with Gasteiger partial charge in [-0.1, -0.05) is 115 Å². The van der Waals surface area contributed by atoms with Crippen LogP contribution in [0.4, 0.5) is 0 Å². The van der Waals surface area contributed by atoms with Gasteiger partial charge in [0, 0.05) is 10.8 Å². The number of allylic oxidation sites excluding steroid dienone is 16. The molecule has 0 spiro atoms. The first-order chi connectivity index (χ1) is 21.8. The maximum atomic E-state index is 2.99. The summed E-state index contributed by atoms with van der Waals surface area (Å²) >= 11 is 1.94. The molecule has 0 nitrogen and oxygen atoms in total. The van der Waals surface area contributed by atoms with Gasteiger partial charge in [0.1, 0.15) is 0 Å². The molecule has 0 saturated heterocycles. The second kappa shape index (κ2) is 14.6. The average molecular weight is 779 g/mol. The normalized spacial score (nSPS) is 44.2. The van der Waals surface area contributed by atoms with E-state index >= 15 is 0 Å². The Kier molecular flexibility index (Phi) is 12.2. The van der Waals surface area contributed by atoms with Crippen molar-refractivity contribution in [3.8, 4) is 0 Å². The molecule has 0 bridgehead atoms. The molecule has 0 N–H and O–H groups in total. The molecule has 8 aliphatic rings. The second-order valence-electron chi connectivity index (χ2n) is 17.1. The standard InChI is InChI=1S/C29H37.C10H18Si.C5H5.2ClH.Zr/c1-21-14-13-15-22-20-27(6)25(4)18-10-9-16-23(25,2)24(3)17-11-12-19-26(24,5)29(27,8)28(21,22)7;1-2-6-9(5-1)11-10-7-3-4-8-10;1-2-4-5-3-1;;;/h9-20,22H,1-8H3;9-10H,1-8H2;1-3H,4H2;2*1H;/q-1;;-1;;;+2/p-2. The third-order valence-electron chi connectivity index (χ3n) is 16.2. The van der Waals surface area contributed by atoms with Crippen molar-refractivity contribution in [1.29, 1.82) is 0 Å². The summed E-state index contributed by atoms with van der Waals surface area (Å²) in [5, 5.41) is 0. The molecular formula is C44H60Cl2SiZr-2. The molecule has 8 rings (SSSR count). The Morgan fingerprint density at radius 2 is 1.17 bits per heavy atom. The Labute approximate surface area is 322 Å². The zero-order valence-corrected chi connectivity index (χ0v) is 36.0. The Bertz CT molecular complexity index is 1440. The van der Waals surface area contributed by atoms with Gasteiger partial charge in [-0.3, -0.25) is 6.08 Å². The maximum absolute atomic E-state index is 2.99. The van der Waals surface area contributed by atoms with Crippen LogP contribution >= 0.6 is 0 Å². The molecule has 0 amide bonds. The summed E-state index contributed by atoms with van der Waals surface area (Å²) in [4.78, 5) is 0. The van der Waals surface area contributed by atoms with Crippen molar-refractivity contribution >= 4 is 5.43 Å². The van der Waals surface area contributed by atoms with Gasteiger partial charge >= 0.3 is 91.2 Å². The van der Waals surface area contributed by atoms with Crippen molar-refractivity contribution in [1.82, 2.24) is 0 Å². The van der Waals surface area contributed by atoms with E-state index < -0.39 is 0 Å². The second-order valence-corrected chi connectivity index (χ2v) is 23.9. The van der Waals surface area contributed by atoms with Crippen LogP contribution in [0.1, 0.15) is 113 Å². The molecule has 8 atom stereocenters. The Morgan fingerprint density at radius 3 is 1.62 bits per heavy atom. The summed E-state index contributed by atoms with van der Waals surface area (Å²) in [7, 11) is 0. The first kappa shape index (κ1) is 40.4. The van der Waals surface area contributed by atoms with Crippen molar-refractivity contribution in [3.05, 3.63) is 103 Å². The molecule has 0 aromatic rings. The molecule has 48 heavy (non-hydrogen) atoms. The summed E-state index contributed by atoms with van der Waals surface area (Å²) in [5.74, 6) is 0.460. The van der Waals surface area contributed by atoms with Crippen LogP contribution in [0, 0.1) is 56.3 Å². The molecule has 0 heterocycles. The third-order valence-corrected chi connectivity index (χ3v) is 25.1. The van der Waals surface area contributed by atoms with E-state index in [0.717, 1.165) is 6.42 Å². The van der Waals surface area contributed by atoms with Crippen LogP contribution in [-0.2, 0) is 23.3 Å². The zero-order chi connectivity index (χ0) is 33.1. The Hall–Kier alpha value is -0.400. The molecule has 8 unspecified atom stereocenters. The predicted octanol–water partition coefficient (Wildman–Crippen LogP) is 6.37. The molecule has 0 aliphatic heterocycles. The van der Waals surface area contributed by atoms with Gasteiger partial charge in [0.25, 0.3) is 0 Å². The first-order valence-corrected chi connectivity index (χ1v) is 23.9. The van der Waals surface area contributed by atoms with Crippen molar-refractivity contribution in [2.24, 2.45) is 43.8 Å². The van der Waals surface area contributed by atoms with Gasteiger partial charge in [-0.05, 0) is 28.6 Å². The van der Waals surface area contributed by atoms with Gasteiger partial charge in [0.15, 0.2) is 0 Å². The van der Waals surface area contributed by atoms with E-state index in [1.807, 2.05) is 35.5 Å². The van der Waals surface area contributed by atoms with Gasteiger partial charge in [-0.15, -0.1) is 23.8 Å². The van der Waals surface area contributed by atoms with Crippen LogP contribution in [0.3, 0.4) is 0 Å². The molecule has 0 aromatic carbocycles. The van der Waals surface area contributed by atoms with Crippen LogP contribution in [-0.4, -0.2) is 5.43 Å². The first-order valence-electron chi connectivity index (χ1n) is 18.5. The number of hydrogen-bond donors (Lipinski definition) is 0. The van der Waals surface area contributed by atoms with E-state index in [2.05, 4.69) is 141 Å². The van der Waals surface area contributed by atoms with E-state index in [4.69, 9.17) is 0 Å². The van der Waals surface area contributed by atoms with E-state index in [-0.39, 0.29) is 68.2 Å². The van der Waals surface area contributed by atoms with Crippen LogP contribution in [0.2, 0.25) is 11.1 Å². The minimum atomic E-state index is 0. The number of rotatable bonds is 2. The molecular weight excluding hydrogens is 719 g/mol. The van der Waals surface area contributed by atoms with Crippen molar-refractivity contribution < 1.29 is 48.1 Å². The van der Waals surface area contributed by atoms with Gasteiger partial charge in [-0.2, -0.15) is 6.08 Å². The molecule has 4 fully saturated rings. The molecule has 260 valence electrons. The molecule has 0 aromatic heterocycles. The minimum absolute atomic E-state index is 0. The van der Waals surface area contributed by atoms with Gasteiger partial charge in [0.05, 0.1) is 0 Å². The zero-order valence-electron chi connectivity index (χ0n) is 31.0. The van der Waals surface area contributed by atoms with Crippen LogP contribution in [0.15, 0.2) is 90.6 Å². The van der Waals surface area contributed by atoms with Gasteiger partial charge < -0.3 is 31.2 Å². The van der Waals surface area contributed by atoms with E-state index in [1.165, 1.54) is 16.7 Å². The fourth-order valence-electron chi connectivity index (χ4n) is 12.4. The molecule has 4 saturated carbocycles. The number of halogens is 2. The summed E-state index contributed by atoms with van der Waals surface area (Å²) in [5.41, 5.74) is 4.37. The van der Waals surface area contributed by atoms with Crippen LogP contribution < -0.4 is 24.8 Å². The average Bonchev–Trinajstić information content (AvgIpc) is 3.87. The van der Waals surface area contributed by atoms with E-state index in [0.29, 0.717) is 5.92 Å². The molecule has 0 radical (unpaired) electrons. The number of fused-ring (bicyclic) bond motifs is 8.